The Morgan fingerprint density at radius 3 is 2.94 bits per heavy atom. The summed E-state index contributed by atoms with van der Waals surface area (Å²) in [6, 6.07) is 7.83. The van der Waals surface area contributed by atoms with Crippen LogP contribution in [-0.2, 0) is 16.1 Å². The van der Waals surface area contributed by atoms with Gasteiger partial charge >= 0.3 is 0 Å². The third kappa shape index (κ3) is 3.30. The van der Waals surface area contributed by atoms with Crippen molar-refractivity contribution in [2.45, 2.75) is 13.0 Å². The van der Waals surface area contributed by atoms with Gasteiger partial charge in [-0.05, 0) is 17.7 Å². The molecule has 0 atom stereocenters. The van der Waals surface area contributed by atoms with Crippen LogP contribution in [0.15, 0.2) is 28.7 Å². The number of nitrogens with zero attached hydrogens (tertiary/aromatic N) is 1. The molecular formula is C12H13BrN2O2. The first-order chi connectivity index (χ1) is 8.15. The van der Waals surface area contributed by atoms with Crippen molar-refractivity contribution in [1.82, 2.24) is 10.2 Å². The fourth-order valence-corrected chi connectivity index (χ4v) is 2.21. The summed E-state index contributed by atoms with van der Waals surface area (Å²) >= 11 is 3.40. The second-order valence-electron chi connectivity index (χ2n) is 3.97. The van der Waals surface area contributed by atoms with Crippen LogP contribution in [0.4, 0.5) is 0 Å². The number of carbonyl (C=O) groups is 2. The highest BCUT2D eigenvalue weighted by atomic mass is 79.9. The van der Waals surface area contributed by atoms with Crippen LogP contribution >= 0.6 is 15.9 Å². The zero-order chi connectivity index (χ0) is 12.3. The molecule has 2 rings (SSSR count). The molecule has 1 aliphatic heterocycles. The summed E-state index contributed by atoms with van der Waals surface area (Å²) in [4.78, 5) is 24.6. The third-order valence-electron chi connectivity index (χ3n) is 2.66. The number of carbonyl (C=O) groups excluding carboxylic acids is 2. The summed E-state index contributed by atoms with van der Waals surface area (Å²) in [5, 5.41) is 2.58. The number of amides is 2. The molecule has 1 heterocycles. The van der Waals surface area contributed by atoms with E-state index in [1.165, 1.54) is 0 Å². The van der Waals surface area contributed by atoms with E-state index in [2.05, 4.69) is 21.2 Å². The zero-order valence-corrected chi connectivity index (χ0v) is 10.9. The van der Waals surface area contributed by atoms with Crippen LogP contribution in [0, 0.1) is 0 Å². The summed E-state index contributed by atoms with van der Waals surface area (Å²) in [6.45, 7) is 1.14. The van der Waals surface area contributed by atoms with Gasteiger partial charge in [0.05, 0.1) is 6.54 Å². The maximum absolute atomic E-state index is 11.7. The Balaban J connectivity index is 2.07. The molecule has 0 saturated carbocycles. The molecule has 1 aromatic carbocycles. The van der Waals surface area contributed by atoms with E-state index in [0.717, 1.165) is 10.0 Å². The maximum Gasteiger partial charge on any atom is 0.242 e. The lowest BCUT2D eigenvalue weighted by molar-refractivity contribution is -0.130. The topological polar surface area (TPSA) is 49.4 Å². The van der Waals surface area contributed by atoms with Crippen molar-refractivity contribution < 1.29 is 9.59 Å². The predicted octanol–water partition coefficient (Wildman–Crippen LogP) is 1.30. The molecule has 1 fully saturated rings. The summed E-state index contributed by atoms with van der Waals surface area (Å²) in [6.07, 6.45) is 0.375. The fraction of sp³-hybridized carbons (Fsp3) is 0.333. The highest BCUT2D eigenvalue weighted by Gasteiger charge is 2.19. The first-order valence-corrected chi connectivity index (χ1v) is 6.23. The summed E-state index contributed by atoms with van der Waals surface area (Å²) in [7, 11) is 0. The van der Waals surface area contributed by atoms with Crippen LogP contribution in [-0.4, -0.2) is 29.8 Å². The first kappa shape index (κ1) is 12.1. The van der Waals surface area contributed by atoms with Crippen molar-refractivity contribution in [2.75, 3.05) is 13.1 Å². The van der Waals surface area contributed by atoms with Crippen LogP contribution in [0.3, 0.4) is 0 Å². The van der Waals surface area contributed by atoms with E-state index < -0.39 is 0 Å². The second kappa shape index (κ2) is 5.31. The number of halogens is 1. The van der Waals surface area contributed by atoms with Crippen molar-refractivity contribution in [3.05, 3.63) is 34.3 Å². The number of nitrogens with one attached hydrogen (secondary N) is 1. The fourth-order valence-electron chi connectivity index (χ4n) is 1.76. The SMILES string of the molecule is O=C1CCN(Cc2cccc(Br)c2)C(=O)CN1. The van der Waals surface area contributed by atoms with Gasteiger partial charge in [-0.25, -0.2) is 0 Å². The van der Waals surface area contributed by atoms with Crippen LogP contribution in [0.2, 0.25) is 0 Å². The summed E-state index contributed by atoms with van der Waals surface area (Å²) in [5.41, 5.74) is 1.06. The van der Waals surface area contributed by atoms with Crippen LogP contribution in [0.25, 0.3) is 0 Å². The molecule has 1 aliphatic rings. The lowest BCUT2D eigenvalue weighted by Gasteiger charge is -2.19. The Kier molecular flexibility index (Phi) is 3.78. The molecule has 1 saturated heterocycles. The second-order valence-corrected chi connectivity index (χ2v) is 4.89. The summed E-state index contributed by atoms with van der Waals surface area (Å²) < 4.78 is 0.992. The van der Waals surface area contributed by atoms with Crippen molar-refractivity contribution >= 4 is 27.7 Å². The summed E-state index contributed by atoms with van der Waals surface area (Å²) in [5.74, 6) is -0.0917. The Hall–Kier alpha value is -1.36. The van der Waals surface area contributed by atoms with Gasteiger partial charge in [0.15, 0.2) is 0 Å². The molecule has 2 amide bonds. The van der Waals surface area contributed by atoms with Gasteiger partial charge in [0, 0.05) is 24.0 Å². The lowest BCUT2D eigenvalue weighted by Crippen LogP contribution is -2.34. The largest absolute Gasteiger partial charge is 0.347 e. The number of hydrogen-bond donors (Lipinski definition) is 1. The zero-order valence-electron chi connectivity index (χ0n) is 9.28. The highest BCUT2D eigenvalue weighted by molar-refractivity contribution is 9.10. The lowest BCUT2D eigenvalue weighted by atomic mass is 10.2. The molecule has 5 heteroatoms. The highest BCUT2D eigenvalue weighted by Crippen LogP contribution is 2.14. The van der Waals surface area contributed by atoms with E-state index in [0.29, 0.717) is 19.5 Å². The predicted molar refractivity (Wildman–Crippen MR) is 67.2 cm³/mol. The van der Waals surface area contributed by atoms with E-state index in [1.54, 1.807) is 4.90 Å². The minimum Gasteiger partial charge on any atom is -0.347 e. The van der Waals surface area contributed by atoms with E-state index in [-0.39, 0.29) is 18.4 Å². The Bertz CT molecular complexity index is 448. The van der Waals surface area contributed by atoms with E-state index in [9.17, 15) is 9.59 Å². The van der Waals surface area contributed by atoms with Crippen LogP contribution in [0.5, 0.6) is 0 Å². The minimum atomic E-state index is -0.0601. The molecule has 4 nitrogen and oxygen atoms in total. The van der Waals surface area contributed by atoms with Gasteiger partial charge in [0.1, 0.15) is 0 Å². The molecule has 0 unspecified atom stereocenters. The number of benzene rings is 1. The van der Waals surface area contributed by atoms with Crippen LogP contribution in [0.1, 0.15) is 12.0 Å². The van der Waals surface area contributed by atoms with Gasteiger partial charge in [-0.1, -0.05) is 28.1 Å². The van der Waals surface area contributed by atoms with Crippen LogP contribution < -0.4 is 5.32 Å². The normalized spacial score (nSPS) is 16.6. The van der Waals surface area contributed by atoms with E-state index >= 15 is 0 Å². The molecule has 0 radical (unpaired) electrons. The van der Waals surface area contributed by atoms with Crippen molar-refractivity contribution in [3.8, 4) is 0 Å². The molecule has 0 aromatic heterocycles. The molecule has 1 N–H and O–H groups in total. The van der Waals surface area contributed by atoms with Crippen molar-refractivity contribution in [3.63, 3.8) is 0 Å². The van der Waals surface area contributed by atoms with E-state index in [1.807, 2.05) is 24.3 Å². The Morgan fingerprint density at radius 2 is 2.18 bits per heavy atom. The molecular weight excluding hydrogens is 284 g/mol. The van der Waals surface area contributed by atoms with Gasteiger partial charge in [-0.2, -0.15) is 0 Å². The Morgan fingerprint density at radius 1 is 1.35 bits per heavy atom. The average Bonchev–Trinajstić information content (AvgIpc) is 2.45. The molecule has 0 bridgehead atoms. The van der Waals surface area contributed by atoms with Gasteiger partial charge in [0.2, 0.25) is 11.8 Å². The van der Waals surface area contributed by atoms with E-state index in [4.69, 9.17) is 0 Å². The van der Waals surface area contributed by atoms with Gasteiger partial charge < -0.3 is 10.2 Å². The average molecular weight is 297 g/mol. The Labute approximate surface area is 108 Å². The smallest absolute Gasteiger partial charge is 0.242 e. The molecule has 90 valence electrons. The van der Waals surface area contributed by atoms with Crippen molar-refractivity contribution in [1.29, 1.82) is 0 Å². The quantitative estimate of drug-likeness (QED) is 0.894. The maximum atomic E-state index is 11.7. The molecule has 0 spiro atoms. The first-order valence-electron chi connectivity index (χ1n) is 5.44. The molecule has 17 heavy (non-hydrogen) atoms. The third-order valence-corrected chi connectivity index (χ3v) is 3.15. The number of rotatable bonds is 2. The van der Waals surface area contributed by atoms with Gasteiger partial charge in [0.25, 0.3) is 0 Å². The standard InChI is InChI=1S/C12H13BrN2O2/c13-10-3-1-2-9(6-10)8-15-5-4-11(16)14-7-12(15)17/h1-3,6H,4-5,7-8H2,(H,14,16). The van der Waals surface area contributed by atoms with Gasteiger partial charge in [-0.15, -0.1) is 0 Å². The van der Waals surface area contributed by atoms with Gasteiger partial charge in [-0.3, -0.25) is 9.59 Å². The van der Waals surface area contributed by atoms with Crippen molar-refractivity contribution in [2.24, 2.45) is 0 Å². The number of hydrogen-bond acceptors (Lipinski definition) is 2. The molecule has 0 aliphatic carbocycles. The minimum absolute atomic E-state index is 0.0316. The monoisotopic (exact) mass is 296 g/mol. The molecule has 1 aromatic rings.